The topological polar surface area (TPSA) is 81.2 Å². The van der Waals surface area contributed by atoms with Gasteiger partial charge in [0.15, 0.2) is 0 Å². The number of carbonyl (C=O) groups excluding carboxylic acids is 3. The second-order valence-electron chi connectivity index (χ2n) is 9.44. The number of nitrogens with zero attached hydrogens (tertiary/aromatic N) is 3. The summed E-state index contributed by atoms with van der Waals surface area (Å²) >= 11 is 1.58. The summed E-state index contributed by atoms with van der Waals surface area (Å²) < 4.78 is -1.39. The SMILES string of the molecule is CCCCN1CC=C[C@]23S[C@]4(C)C=CCN(C)C(=O)[C@@H]4[C@H]2C(=O)N([C@H](C)CO)C3C1=O. The predicted molar refractivity (Wildman–Crippen MR) is 120 cm³/mol. The zero-order chi connectivity index (χ0) is 22.6. The molecule has 4 aliphatic rings. The van der Waals surface area contributed by atoms with Gasteiger partial charge in [0, 0.05) is 31.4 Å². The van der Waals surface area contributed by atoms with Gasteiger partial charge in [-0.2, -0.15) is 0 Å². The lowest BCUT2D eigenvalue weighted by atomic mass is 9.74. The van der Waals surface area contributed by atoms with Crippen LogP contribution in [0, 0.1) is 11.8 Å². The van der Waals surface area contributed by atoms with Crippen molar-refractivity contribution in [3.05, 3.63) is 24.3 Å². The van der Waals surface area contributed by atoms with Crippen molar-refractivity contribution in [3.8, 4) is 0 Å². The van der Waals surface area contributed by atoms with E-state index in [2.05, 4.69) is 13.0 Å². The molecule has 0 aromatic carbocycles. The van der Waals surface area contributed by atoms with Crippen LogP contribution >= 0.6 is 11.8 Å². The Hall–Kier alpha value is -1.80. The van der Waals surface area contributed by atoms with Crippen LogP contribution in [0.4, 0.5) is 0 Å². The van der Waals surface area contributed by atoms with Crippen LogP contribution in [0.1, 0.15) is 33.6 Å². The number of fused-ring (bicyclic) bond motifs is 2. The molecule has 0 aromatic heterocycles. The van der Waals surface area contributed by atoms with E-state index in [0.717, 1.165) is 12.8 Å². The second-order valence-corrected chi connectivity index (χ2v) is 11.2. The van der Waals surface area contributed by atoms with Crippen molar-refractivity contribution in [1.29, 1.82) is 0 Å². The van der Waals surface area contributed by atoms with Crippen LogP contribution in [-0.2, 0) is 14.4 Å². The molecule has 4 aliphatic heterocycles. The zero-order valence-electron chi connectivity index (χ0n) is 18.8. The third-order valence-electron chi connectivity index (χ3n) is 7.30. The van der Waals surface area contributed by atoms with Gasteiger partial charge in [-0.3, -0.25) is 14.4 Å². The Bertz CT molecular complexity index is 845. The zero-order valence-corrected chi connectivity index (χ0v) is 19.6. The maximum Gasteiger partial charge on any atom is 0.247 e. The highest BCUT2D eigenvalue weighted by Gasteiger charge is 2.74. The lowest BCUT2D eigenvalue weighted by Gasteiger charge is -2.38. The lowest BCUT2D eigenvalue weighted by Crippen LogP contribution is -2.56. The molecule has 2 saturated heterocycles. The van der Waals surface area contributed by atoms with Crippen molar-refractivity contribution in [2.45, 2.75) is 55.2 Å². The number of hydrogen-bond donors (Lipinski definition) is 1. The number of aliphatic hydroxyl groups is 1. The molecule has 3 amide bonds. The minimum absolute atomic E-state index is 0.0552. The van der Waals surface area contributed by atoms with Gasteiger partial charge >= 0.3 is 0 Å². The monoisotopic (exact) mass is 447 g/mol. The quantitative estimate of drug-likeness (QED) is 0.642. The predicted octanol–water partition coefficient (Wildman–Crippen LogP) is 1.28. The molecule has 7 nitrogen and oxygen atoms in total. The minimum atomic E-state index is -0.823. The molecule has 0 radical (unpaired) electrons. The standard InChI is InChI=1S/C23H33N3O4S/c1-5-6-12-25-13-8-10-23-17(20(29)26(15(2)14-27)18(23)21(25)30)16-19(28)24(4)11-7-9-22(16,3)31-23/h7-10,15-18,27H,5-6,11-14H2,1-4H3/t15-,16+,17+,18?,22-,23+/m1/s1. The van der Waals surface area contributed by atoms with Crippen LogP contribution in [-0.4, -0.2) is 92.4 Å². The summed E-state index contributed by atoms with van der Waals surface area (Å²) in [6.45, 7) is 7.31. The number of carbonyl (C=O) groups is 3. The van der Waals surface area contributed by atoms with Crippen molar-refractivity contribution < 1.29 is 19.5 Å². The van der Waals surface area contributed by atoms with E-state index in [9.17, 15) is 19.5 Å². The van der Waals surface area contributed by atoms with E-state index in [1.54, 1.807) is 35.5 Å². The number of unbranched alkanes of at least 4 members (excludes halogenated alkanes) is 1. The summed E-state index contributed by atoms with van der Waals surface area (Å²) in [5.74, 6) is -1.51. The lowest BCUT2D eigenvalue weighted by molar-refractivity contribution is -0.146. The Morgan fingerprint density at radius 3 is 2.52 bits per heavy atom. The number of aliphatic hydroxyl groups excluding tert-OH is 1. The number of likely N-dealkylation sites (tertiary alicyclic amines) is 1. The van der Waals surface area contributed by atoms with Crippen LogP contribution in [0.25, 0.3) is 0 Å². The first-order valence-corrected chi connectivity index (χ1v) is 12.1. The Balaban J connectivity index is 1.86. The third-order valence-corrected chi connectivity index (χ3v) is 9.10. The van der Waals surface area contributed by atoms with Crippen molar-refractivity contribution in [2.75, 3.05) is 33.3 Å². The van der Waals surface area contributed by atoms with E-state index < -0.39 is 33.4 Å². The van der Waals surface area contributed by atoms with Gasteiger partial charge in [-0.25, -0.2) is 0 Å². The molecule has 1 unspecified atom stereocenters. The Morgan fingerprint density at radius 1 is 1.13 bits per heavy atom. The molecule has 0 saturated carbocycles. The van der Waals surface area contributed by atoms with E-state index >= 15 is 0 Å². The van der Waals surface area contributed by atoms with Crippen molar-refractivity contribution in [3.63, 3.8) is 0 Å². The molecular formula is C23H33N3O4S. The highest BCUT2D eigenvalue weighted by atomic mass is 32.2. The third kappa shape index (κ3) is 3.17. The molecule has 8 heteroatoms. The Kier molecular flexibility index (Phi) is 5.75. The summed E-state index contributed by atoms with van der Waals surface area (Å²) in [5.41, 5.74) is 0. The summed E-state index contributed by atoms with van der Waals surface area (Å²) in [7, 11) is 1.76. The molecule has 4 heterocycles. The summed E-state index contributed by atoms with van der Waals surface area (Å²) in [5, 5.41) is 9.92. The van der Waals surface area contributed by atoms with E-state index in [4.69, 9.17) is 0 Å². The van der Waals surface area contributed by atoms with Gasteiger partial charge in [0.2, 0.25) is 17.7 Å². The molecule has 0 bridgehead atoms. The van der Waals surface area contributed by atoms with Crippen molar-refractivity contribution in [1.82, 2.24) is 14.7 Å². The van der Waals surface area contributed by atoms with Gasteiger partial charge in [-0.1, -0.05) is 37.6 Å². The van der Waals surface area contributed by atoms with Crippen LogP contribution in [0.3, 0.4) is 0 Å². The molecule has 2 fully saturated rings. The smallest absolute Gasteiger partial charge is 0.247 e. The van der Waals surface area contributed by atoms with E-state index in [0.29, 0.717) is 19.6 Å². The fraction of sp³-hybridized carbons (Fsp3) is 0.696. The van der Waals surface area contributed by atoms with E-state index in [-0.39, 0.29) is 24.3 Å². The number of thioether (sulfide) groups is 1. The number of likely N-dealkylation sites (N-methyl/N-ethyl adjacent to an activating group) is 1. The first kappa shape index (κ1) is 22.4. The Labute approximate surface area is 188 Å². The average molecular weight is 448 g/mol. The van der Waals surface area contributed by atoms with Gasteiger partial charge < -0.3 is 19.8 Å². The number of hydrogen-bond acceptors (Lipinski definition) is 5. The van der Waals surface area contributed by atoms with Gasteiger partial charge in [-0.15, -0.1) is 11.8 Å². The van der Waals surface area contributed by atoms with Gasteiger partial charge in [0.25, 0.3) is 0 Å². The molecule has 6 atom stereocenters. The van der Waals surface area contributed by atoms with Gasteiger partial charge in [-0.05, 0) is 20.3 Å². The molecule has 31 heavy (non-hydrogen) atoms. The molecule has 1 spiro atoms. The molecule has 0 aromatic rings. The fourth-order valence-electron chi connectivity index (χ4n) is 5.74. The van der Waals surface area contributed by atoms with Crippen LogP contribution in [0.2, 0.25) is 0 Å². The molecule has 4 rings (SSSR count). The first-order valence-electron chi connectivity index (χ1n) is 11.2. The minimum Gasteiger partial charge on any atom is -0.394 e. The normalized spacial score (nSPS) is 38.2. The van der Waals surface area contributed by atoms with Crippen LogP contribution in [0.5, 0.6) is 0 Å². The summed E-state index contributed by atoms with van der Waals surface area (Å²) in [6, 6.07) is -1.22. The maximum absolute atomic E-state index is 13.9. The largest absolute Gasteiger partial charge is 0.394 e. The highest BCUT2D eigenvalue weighted by Crippen LogP contribution is 2.65. The second kappa shape index (κ2) is 7.96. The summed E-state index contributed by atoms with van der Waals surface area (Å²) in [4.78, 5) is 46.3. The molecule has 0 aliphatic carbocycles. The van der Waals surface area contributed by atoms with E-state index in [1.807, 2.05) is 30.1 Å². The number of amides is 3. The summed E-state index contributed by atoms with van der Waals surface area (Å²) in [6.07, 6.45) is 9.94. The van der Waals surface area contributed by atoms with Gasteiger partial charge in [0.05, 0.1) is 29.2 Å². The van der Waals surface area contributed by atoms with E-state index in [1.165, 1.54) is 0 Å². The molecule has 170 valence electrons. The molecular weight excluding hydrogens is 414 g/mol. The first-order chi connectivity index (χ1) is 14.7. The average Bonchev–Trinajstić information content (AvgIpc) is 3.03. The van der Waals surface area contributed by atoms with Crippen LogP contribution < -0.4 is 0 Å². The molecule has 1 N–H and O–H groups in total. The van der Waals surface area contributed by atoms with Crippen molar-refractivity contribution in [2.24, 2.45) is 11.8 Å². The van der Waals surface area contributed by atoms with Crippen molar-refractivity contribution >= 4 is 29.5 Å². The maximum atomic E-state index is 13.9. The van der Waals surface area contributed by atoms with Gasteiger partial charge in [0.1, 0.15) is 6.04 Å². The Morgan fingerprint density at radius 2 is 1.84 bits per heavy atom. The fourth-order valence-corrected chi connectivity index (χ4v) is 7.89. The van der Waals surface area contributed by atoms with Crippen LogP contribution in [0.15, 0.2) is 24.3 Å². The highest BCUT2D eigenvalue weighted by molar-refractivity contribution is 8.02. The number of rotatable bonds is 5.